The van der Waals surface area contributed by atoms with E-state index in [1.54, 1.807) is 0 Å². The van der Waals surface area contributed by atoms with Crippen molar-refractivity contribution in [3.63, 3.8) is 0 Å². The van der Waals surface area contributed by atoms with E-state index in [2.05, 4.69) is 54.3 Å². The fourth-order valence-electron chi connectivity index (χ4n) is 2.73. The van der Waals surface area contributed by atoms with Gasteiger partial charge in [-0.2, -0.15) is 0 Å². The summed E-state index contributed by atoms with van der Waals surface area (Å²) >= 11 is 0. The lowest BCUT2D eigenvalue weighted by atomic mass is 9.89. The molecule has 1 aromatic carbocycles. The number of fused-ring (bicyclic) bond motifs is 1. The van der Waals surface area contributed by atoms with Gasteiger partial charge < -0.3 is 4.90 Å². The number of para-hydroxylation sites is 1. The normalized spacial score (nSPS) is 22.4. The Hall–Kier alpha value is -1.50. The van der Waals surface area contributed by atoms with Crippen LogP contribution < -0.4 is 4.90 Å². The topological polar surface area (TPSA) is 3.24 Å². The third kappa shape index (κ3) is 1.31. The molecule has 0 spiro atoms. The molecule has 1 unspecified atom stereocenters. The van der Waals surface area contributed by atoms with Crippen LogP contribution in [0.3, 0.4) is 0 Å². The molecule has 0 saturated carbocycles. The fraction of sp³-hybridized carbons (Fsp3) is 0.333. The van der Waals surface area contributed by atoms with Crippen LogP contribution in [0.25, 0.3) is 0 Å². The van der Waals surface area contributed by atoms with Crippen LogP contribution >= 0.6 is 0 Å². The Morgan fingerprint density at radius 1 is 1.25 bits per heavy atom. The van der Waals surface area contributed by atoms with Crippen LogP contribution in [0.2, 0.25) is 0 Å². The predicted octanol–water partition coefficient (Wildman–Crippen LogP) is 4.19. The average Bonchev–Trinajstić information content (AvgIpc) is 2.33. The molecular formula is C15H17N. The average molecular weight is 211 g/mol. The van der Waals surface area contributed by atoms with Crippen molar-refractivity contribution in [1.82, 2.24) is 0 Å². The Kier molecular flexibility index (Phi) is 2.32. The third-order valence-corrected chi connectivity index (χ3v) is 3.51. The SMILES string of the molecule is CCC1c2ccccc2N1C1=CCCC=C1. The lowest BCUT2D eigenvalue weighted by molar-refractivity contribution is 0.599. The number of hydrogen-bond acceptors (Lipinski definition) is 1. The predicted molar refractivity (Wildman–Crippen MR) is 68.4 cm³/mol. The number of anilines is 1. The first-order valence-electron chi connectivity index (χ1n) is 6.16. The molecule has 0 saturated heterocycles. The van der Waals surface area contributed by atoms with Crippen molar-refractivity contribution in [3.05, 3.63) is 53.8 Å². The van der Waals surface area contributed by atoms with Crippen LogP contribution in [0.1, 0.15) is 37.8 Å². The standard InChI is InChI=1S/C15H17N/c1-2-14-13-10-6-7-11-15(13)16(14)12-8-4-3-5-9-12/h4,6-11,14H,2-3,5H2,1H3. The summed E-state index contributed by atoms with van der Waals surface area (Å²) in [7, 11) is 0. The van der Waals surface area contributed by atoms with Gasteiger partial charge in [0.1, 0.15) is 0 Å². The Bertz CT molecular complexity index is 456. The summed E-state index contributed by atoms with van der Waals surface area (Å²) in [5.74, 6) is 0. The first kappa shape index (κ1) is 9.71. The summed E-state index contributed by atoms with van der Waals surface area (Å²) < 4.78 is 0. The van der Waals surface area contributed by atoms with Crippen LogP contribution in [0, 0.1) is 0 Å². The van der Waals surface area contributed by atoms with Crippen molar-refractivity contribution < 1.29 is 0 Å². The minimum Gasteiger partial charge on any atom is -0.334 e. The van der Waals surface area contributed by atoms with Crippen molar-refractivity contribution in [2.45, 2.75) is 32.2 Å². The van der Waals surface area contributed by atoms with Gasteiger partial charge in [-0.05, 0) is 37.0 Å². The van der Waals surface area contributed by atoms with E-state index < -0.39 is 0 Å². The van der Waals surface area contributed by atoms with E-state index in [1.807, 2.05) is 0 Å². The molecule has 1 aromatic rings. The molecule has 0 amide bonds. The monoisotopic (exact) mass is 211 g/mol. The number of rotatable bonds is 2. The van der Waals surface area contributed by atoms with Crippen LogP contribution in [0.4, 0.5) is 5.69 Å². The van der Waals surface area contributed by atoms with Crippen molar-refractivity contribution >= 4 is 5.69 Å². The van der Waals surface area contributed by atoms with Gasteiger partial charge in [0.2, 0.25) is 0 Å². The summed E-state index contributed by atoms with van der Waals surface area (Å²) in [6.45, 7) is 2.26. The van der Waals surface area contributed by atoms with Gasteiger partial charge in [-0.15, -0.1) is 0 Å². The Morgan fingerprint density at radius 3 is 2.88 bits per heavy atom. The van der Waals surface area contributed by atoms with Gasteiger partial charge in [-0.3, -0.25) is 0 Å². The number of hydrogen-bond donors (Lipinski definition) is 0. The van der Waals surface area contributed by atoms with Gasteiger partial charge in [-0.25, -0.2) is 0 Å². The van der Waals surface area contributed by atoms with Crippen LogP contribution in [0.15, 0.2) is 48.2 Å². The molecule has 1 heteroatoms. The van der Waals surface area contributed by atoms with Crippen LogP contribution in [-0.4, -0.2) is 0 Å². The summed E-state index contributed by atoms with van der Waals surface area (Å²) in [5, 5.41) is 0. The van der Waals surface area contributed by atoms with Gasteiger partial charge in [0.25, 0.3) is 0 Å². The maximum Gasteiger partial charge on any atom is 0.0609 e. The minimum absolute atomic E-state index is 0.588. The number of benzene rings is 1. The summed E-state index contributed by atoms with van der Waals surface area (Å²) in [6.07, 6.45) is 10.5. The van der Waals surface area contributed by atoms with Crippen molar-refractivity contribution in [1.29, 1.82) is 0 Å². The van der Waals surface area contributed by atoms with Crippen molar-refractivity contribution in [2.75, 3.05) is 4.90 Å². The molecule has 0 radical (unpaired) electrons. The van der Waals surface area contributed by atoms with E-state index >= 15 is 0 Å². The van der Waals surface area contributed by atoms with Gasteiger partial charge >= 0.3 is 0 Å². The van der Waals surface area contributed by atoms with Gasteiger partial charge in [0.15, 0.2) is 0 Å². The highest BCUT2D eigenvalue weighted by Crippen LogP contribution is 2.47. The van der Waals surface area contributed by atoms with Gasteiger partial charge in [0, 0.05) is 11.4 Å². The van der Waals surface area contributed by atoms with E-state index in [0.717, 1.165) is 0 Å². The molecular weight excluding hydrogens is 194 g/mol. The fourth-order valence-corrected chi connectivity index (χ4v) is 2.73. The highest BCUT2D eigenvalue weighted by Gasteiger charge is 2.34. The quantitative estimate of drug-likeness (QED) is 0.709. The van der Waals surface area contributed by atoms with Crippen molar-refractivity contribution in [2.24, 2.45) is 0 Å². The third-order valence-electron chi connectivity index (χ3n) is 3.51. The Morgan fingerprint density at radius 2 is 2.12 bits per heavy atom. The molecule has 16 heavy (non-hydrogen) atoms. The smallest absolute Gasteiger partial charge is 0.0609 e. The molecule has 82 valence electrons. The van der Waals surface area contributed by atoms with E-state index in [9.17, 15) is 0 Å². The summed E-state index contributed by atoms with van der Waals surface area (Å²) in [6, 6.07) is 9.34. The highest BCUT2D eigenvalue weighted by molar-refractivity contribution is 5.71. The van der Waals surface area contributed by atoms with E-state index in [4.69, 9.17) is 0 Å². The molecule has 1 aliphatic carbocycles. The summed E-state index contributed by atoms with van der Waals surface area (Å²) in [5.41, 5.74) is 4.29. The molecule has 0 aromatic heterocycles. The first-order chi connectivity index (χ1) is 7.92. The minimum atomic E-state index is 0.588. The largest absolute Gasteiger partial charge is 0.334 e. The van der Waals surface area contributed by atoms with Crippen molar-refractivity contribution in [3.8, 4) is 0 Å². The maximum atomic E-state index is 2.48. The number of nitrogens with zero attached hydrogens (tertiary/aromatic N) is 1. The lowest BCUT2D eigenvalue weighted by Gasteiger charge is -2.45. The van der Waals surface area contributed by atoms with Crippen LogP contribution in [-0.2, 0) is 0 Å². The molecule has 1 atom stereocenters. The molecule has 0 fully saturated rings. The van der Waals surface area contributed by atoms with Gasteiger partial charge in [-0.1, -0.05) is 37.3 Å². The van der Waals surface area contributed by atoms with E-state index in [0.29, 0.717) is 6.04 Å². The first-order valence-corrected chi connectivity index (χ1v) is 6.16. The van der Waals surface area contributed by atoms with E-state index in [-0.39, 0.29) is 0 Å². The lowest BCUT2D eigenvalue weighted by Crippen LogP contribution is -2.36. The zero-order valence-corrected chi connectivity index (χ0v) is 9.69. The molecule has 1 nitrogen and oxygen atoms in total. The van der Waals surface area contributed by atoms with E-state index in [1.165, 1.54) is 36.2 Å². The molecule has 2 aliphatic rings. The summed E-state index contributed by atoms with van der Waals surface area (Å²) in [4.78, 5) is 2.48. The maximum absolute atomic E-state index is 2.48. The van der Waals surface area contributed by atoms with Gasteiger partial charge in [0.05, 0.1) is 6.04 Å². The second kappa shape index (κ2) is 3.82. The zero-order chi connectivity index (χ0) is 11.0. The molecule has 0 bridgehead atoms. The molecule has 0 N–H and O–H groups in total. The Balaban J connectivity index is 1.98. The molecule has 1 heterocycles. The second-order valence-corrected chi connectivity index (χ2v) is 4.46. The zero-order valence-electron chi connectivity index (χ0n) is 9.69. The Labute approximate surface area is 97.1 Å². The number of allylic oxidation sites excluding steroid dienone is 3. The molecule has 1 aliphatic heterocycles. The van der Waals surface area contributed by atoms with Crippen LogP contribution in [0.5, 0.6) is 0 Å². The molecule has 3 rings (SSSR count). The highest BCUT2D eigenvalue weighted by atomic mass is 15.2. The second-order valence-electron chi connectivity index (χ2n) is 4.46.